The molecule has 0 unspecified atom stereocenters. The maximum atomic E-state index is 12.7. The molecule has 0 aliphatic carbocycles. The number of rotatable bonds is 3. The Balaban J connectivity index is 1.54. The van der Waals surface area contributed by atoms with Crippen LogP contribution < -0.4 is 14.6 Å². The van der Waals surface area contributed by atoms with Gasteiger partial charge in [-0.05, 0) is 42.5 Å². The van der Waals surface area contributed by atoms with Crippen LogP contribution in [0.5, 0.6) is 5.75 Å². The third-order valence-electron chi connectivity index (χ3n) is 5.16. The van der Waals surface area contributed by atoms with E-state index in [1.807, 2.05) is 29.2 Å². The van der Waals surface area contributed by atoms with Crippen molar-refractivity contribution in [3.63, 3.8) is 0 Å². The fourth-order valence-electron chi connectivity index (χ4n) is 3.56. The van der Waals surface area contributed by atoms with Gasteiger partial charge in [0.2, 0.25) is 0 Å². The summed E-state index contributed by atoms with van der Waals surface area (Å²) >= 11 is 5.91. The number of carbonyl (C=O) groups excluding carboxylic acids is 1. The summed E-state index contributed by atoms with van der Waals surface area (Å²) in [6.07, 6.45) is 0. The Morgan fingerprint density at radius 2 is 1.83 bits per heavy atom. The van der Waals surface area contributed by atoms with Crippen molar-refractivity contribution in [3.05, 3.63) is 64.7 Å². The maximum absolute atomic E-state index is 12.7. The van der Waals surface area contributed by atoms with Crippen LogP contribution in [-0.2, 0) is 0 Å². The third-order valence-corrected chi connectivity index (χ3v) is 5.42. The molecule has 2 aromatic carbocycles. The van der Waals surface area contributed by atoms with E-state index in [1.54, 1.807) is 31.4 Å². The first-order chi connectivity index (χ1) is 14.1. The molecule has 7 heteroatoms. The second kappa shape index (κ2) is 7.98. The molecule has 1 amide bonds. The van der Waals surface area contributed by atoms with E-state index in [0.29, 0.717) is 42.3 Å². The summed E-state index contributed by atoms with van der Waals surface area (Å²) in [5, 5.41) is 11.2. The third kappa shape index (κ3) is 3.82. The minimum Gasteiger partial charge on any atom is -0.497 e. The van der Waals surface area contributed by atoms with Crippen LogP contribution in [0.3, 0.4) is 0 Å². The van der Waals surface area contributed by atoms with Gasteiger partial charge in [0.15, 0.2) is 0 Å². The highest BCUT2D eigenvalue weighted by Gasteiger charge is 2.29. The zero-order chi connectivity index (χ0) is 20.4. The molecule has 4 rings (SSSR count). The van der Waals surface area contributed by atoms with Gasteiger partial charge in [0.05, 0.1) is 20.2 Å². The summed E-state index contributed by atoms with van der Waals surface area (Å²) in [5.74, 6) is 1.52. The Hall–Kier alpha value is -3.30. The van der Waals surface area contributed by atoms with Crippen LogP contribution in [0.25, 0.3) is 10.9 Å². The quantitative estimate of drug-likeness (QED) is 0.668. The molecule has 3 aromatic rings. The Morgan fingerprint density at radius 3 is 2.48 bits per heavy atom. The summed E-state index contributed by atoms with van der Waals surface area (Å²) in [7, 11) is 1.63. The molecule has 0 radical (unpaired) electrons. The summed E-state index contributed by atoms with van der Waals surface area (Å²) < 4.78 is 5.30. The number of fused-ring (bicyclic) bond motifs is 1. The van der Waals surface area contributed by atoms with Gasteiger partial charge in [0.25, 0.3) is 11.7 Å². The molecule has 146 valence electrons. The highest BCUT2D eigenvalue weighted by Crippen LogP contribution is 2.24. The molecule has 29 heavy (non-hydrogen) atoms. The van der Waals surface area contributed by atoms with E-state index in [4.69, 9.17) is 16.3 Å². The molecular formula is C22H20ClN4O2+. The number of nitrogens with one attached hydrogen (secondary N) is 1. The van der Waals surface area contributed by atoms with Crippen LogP contribution >= 0.6 is 11.6 Å². The second-order valence-corrected chi connectivity index (χ2v) is 7.32. The number of nitrogens with zero attached hydrogens (tertiary/aromatic N) is 3. The zero-order valence-corrected chi connectivity index (χ0v) is 16.7. The number of pyridine rings is 1. The highest BCUT2D eigenvalue weighted by atomic mass is 35.5. The van der Waals surface area contributed by atoms with Crippen LogP contribution in [-0.4, -0.2) is 44.1 Å². The number of carbonyl (C=O) groups is 1. The smallest absolute Gasteiger partial charge is 0.293 e. The summed E-state index contributed by atoms with van der Waals surface area (Å²) in [6, 6.07) is 16.8. The summed E-state index contributed by atoms with van der Waals surface area (Å²) in [5.41, 5.74) is 2.11. The molecule has 1 aromatic heterocycles. The van der Waals surface area contributed by atoms with Crippen molar-refractivity contribution in [2.45, 2.75) is 0 Å². The molecule has 1 saturated heterocycles. The normalized spacial score (nSPS) is 14.0. The number of ether oxygens (including phenoxy) is 1. The van der Waals surface area contributed by atoms with Crippen molar-refractivity contribution in [2.75, 3.05) is 38.2 Å². The topological polar surface area (TPSA) is 70.7 Å². The number of H-pyrrole nitrogens is 1. The number of amides is 1. The first-order valence-electron chi connectivity index (χ1n) is 9.33. The predicted octanol–water partition coefficient (Wildman–Crippen LogP) is 3.15. The van der Waals surface area contributed by atoms with E-state index in [2.05, 4.69) is 16.0 Å². The fraction of sp³-hybridized carbons (Fsp3) is 0.227. The molecule has 2 heterocycles. The van der Waals surface area contributed by atoms with Crippen molar-refractivity contribution in [2.24, 2.45) is 0 Å². The van der Waals surface area contributed by atoms with E-state index in [0.717, 1.165) is 22.5 Å². The second-order valence-electron chi connectivity index (χ2n) is 6.88. The summed E-state index contributed by atoms with van der Waals surface area (Å²) in [4.78, 5) is 20.0. The van der Waals surface area contributed by atoms with Crippen LogP contribution in [0.2, 0.25) is 5.02 Å². The van der Waals surface area contributed by atoms with Gasteiger partial charge in [-0.3, -0.25) is 9.69 Å². The number of benzene rings is 2. The van der Waals surface area contributed by atoms with Crippen LogP contribution in [0.1, 0.15) is 15.9 Å². The van der Waals surface area contributed by atoms with Gasteiger partial charge in [0.1, 0.15) is 36.0 Å². The maximum Gasteiger partial charge on any atom is 0.293 e. The van der Waals surface area contributed by atoms with E-state index < -0.39 is 0 Å². The lowest BCUT2D eigenvalue weighted by Gasteiger charge is -2.31. The molecule has 1 aliphatic heterocycles. The lowest BCUT2D eigenvalue weighted by atomic mass is 10.1. The van der Waals surface area contributed by atoms with Crippen molar-refractivity contribution in [3.8, 4) is 11.8 Å². The average Bonchev–Trinajstić information content (AvgIpc) is 2.78. The molecule has 0 saturated carbocycles. The molecule has 0 spiro atoms. The number of hydrogen-bond acceptors (Lipinski definition) is 4. The number of hydrogen-bond donors (Lipinski definition) is 0. The largest absolute Gasteiger partial charge is 0.497 e. The molecule has 0 bridgehead atoms. The lowest BCUT2D eigenvalue weighted by molar-refractivity contribution is -0.331. The van der Waals surface area contributed by atoms with Crippen LogP contribution in [0.15, 0.2) is 48.5 Å². The molecule has 6 nitrogen and oxygen atoms in total. The average molecular weight is 408 g/mol. The van der Waals surface area contributed by atoms with E-state index in [1.165, 1.54) is 0 Å². The van der Waals surface area contributed by atoms with Gasteiger partial charge >= 0.3 is 0 Å². The molecule has 1 N–H and O–H groups in total. The first-order valence-corrected chi connectivity index (χ1v) is 9.71. The molecule has 0 atom stereocenters. The number of anilines is 1. The standard InChI is InChI=1S/C22H19ClN4O2/c1-29-19-7-4-16-12-17(14-24)21(25-20(16)13-19)26-8-10-27(11-9-26)22(28)15-2-5-18(23)6-3-15/h2-7,12-13H,8-11H2,1H3/p+1. The predicted molar refractivity (Wildman–Crippen MR) is 111 cm³/mol. The fourth-order valence-corrected chi connectivity index (χ4v) is 3.68. The van der Waals surface area contributed by atoms with Gasteiger partial charge in [-0.15, -0.1) is 0 Å². The van der Waals surface area contributed by atoms with Gasteiger partial charge in [0, 0.05) is 22.0 Å². The van der Waals surface area contributed by atoms with Gasteiger partial charge < -0.3 is 9.64 Å². The van der Waals surface area contributed by atoms with E-state index in [-0.39, 0.29) is 5.91 Å². The van der Waals surface area contributed by atoms with Crippen LogP contribution in [0.4, 0.5) is 5.82 Å². The molecule has 1 fully saturated rings. The Morgan fingerprint density at radius 1 is 1.10 bits per heavy atom. The van der Waals surface area contributed by atoms with Gasteiger partial charge in [-0.1, -0.05) is 11.6 Å². The van der Waals surface area contributed by atoms with Crippen LogP contribution in [0, 0.1) is 11.3 Å². The highest BCUT2D eigenvalue weighted by molar-refractivity contribution is 6.30. The van der Waals surface area contributed by atoms with Crippen molar-refractivity contribution >= 4 is 34.2 Å². The molecular weight excluding hydrogens is 388 g/mol. The minimum atomic E-state index is -0.00551. The lowest BCUT2D eigenvalue weighted by Crippen LogP contribution is -2.50. The number of aromatic amines is 1. The Kier molecular flexibility index (Phi) is 5.24. The Bertz CT molecular complexity index is 1100. The number of piperazine rings is 1. The summed E-state index contributed by atoms with van der Waals surface area (Å²) in [6.45, 7) is 2.44. The first kappa shape index (κ1) is 19.0. The number of halogens is 1. The zero-order valence-electron chi connectivity index (χ0n) is 16.0. The van der Waals surface area contributed by atoms with Crippen molar-refractivity contribution in [1.29, 1.82) is 5.26 Å². The van der Waals surface area contributed by atoms with Gasteiger partial charge in [-0.25, -0.2) is 4.98 Å². The van der Waals surface area contributed by atoms with E-state index in [9.17, 15) is 10.1 Å². The number of methoxy groups -OCH3 is 1. The van der Waals surface area contributed by atoms with Gasteiger partial charge in [-0.2, -0.15) is 5.26 Å². The number of nitriles is 1. The number of aromatic nitrogens is 1. The van der Waals surface area contributed by atoms with Crippen molar-refractivity contribution < 1.29 is 14.5 Å². The van der Waals surface area contributed by atoms with Crippen molar-refractivity contribution in [1.82, 2.24) is 4.90 Å². The van der Waals surface area contributed by atoms with E-state index >= 15 is 0 Å². The monoisotopic (exact) mass is 407 g/mol. The minimum absolute atomic E-state index is 0.00551. The SMILES string of the molecule is COc1ccc2cc(C#N)c(N3CCN(C(=O)c4ccc(Cl)cc4)CC3)[nH+]c2c1. The Labute approximate surface area is 173 Å². The molecule has 1 aliphatic rings.